The first-order valence-corrected chi connectivity index (χ1v) is 26.2. The second kappa shape index (κ2) is 19.2. The average molecular weight is 1030 g/mol. The molecule has 0 N–H and O–H groups in total. The van der Waals surface area contributed by atoms with Crippen molar-refractivity contribution in [2.75, 3.05) is 4.90 Å². The van der Waals surface area contributed by atoms with E-state index in [4.69, 9.17) is 43.1 Å². The van der Waals surface area contributed by atoms with Crippen LogP contribution in [-0.4, -0.2) is 29.1 Å². The van der Waals surface area contributed by atoms with Crippen molar-refractivity contribution in [3.05, 3.63) is 271 Å². The highest BCUT2D eigenvalue weighted by Crippen LogP contribution is 2.49. The van der Waals surface area contributed by atoms with Crippen LogP contribution in [0.5, 0.6) is 0 Å². The Hall–Kier alpha value is -9.66. The number of pyridine rings is 4. The van der Waals surface area contributed by atoms with E-state index >= 15 is 0 Å². The normalized spacial score (nSPS) is 11.5. The van der Waals surface area contributed by atoms with Crippen molar-refractivity contribution in [3.63, 3.8) is 0 Å². The van der Waals surface area contributed by atoms with Crippen molar-refractivity contribution >= 4 is 83.9 Å². The molecule has 0 saturated carbocycles. The van der Waals surface area contributed by atoms with Crippen LogP contribution < -0.4 is 4.90 Å². The number of fused-ring (bicyclic) bond motifs is 6. The zero-order chi connectivity index (χ0) is 51.4. The fraction of sp³-hybridized carbons (Fsp3) is 0. The lowest BCUT2D eigenvalue weighted by atomic mass is 9.99. The molecular formula is C68H43Cl2N7. The number of benzene rings is 8. The molecule has 0 bridgehead atoms. The Morgan fingerprint density at radius 2 is 0.571 bits per heavy atom. The summed E-state index contributed by atoms with van der Waals surface area (Å²) in [5, 5.41) is 4.85. The van der Waals surface area contributed by atoms with Gasteiger partial charge in [-0.05, 0) is 72.3 Å². The molecule has 14 rings (SSSR count). The quantitative estimate of drug-likeness (QED) is 0.137. The van der Waals surface area contributed by atoms with Gasteiger partial charge in [-0.1, -0.05) is 193 Å². The highest BCUT2D eigenvalue weighted by atomic mass is 35.5. The first-order valence-electron chi connectivity index (χ1n) is 25.4. The topological polar surface area (TPSA) is 64.7 Å². The summed E-state index contributed by atoms with van der Waals surface area (Å²) in [5.41, 5.74) is 16.8. The average Bonchev–Trinajstić information content (AvgIpc) is 4.20. The lowest BCUT2D eigenvalue weighted by molar-refractivity contribution is 1.12. The highest BCUT2D eigenvalue weighted by molar-refractivity contribution is 6.38. The van der Waals surface area contributed by atoms with Gasteiger partial charge in [0.25, 0.3) is 0 Å². The molecule has 6 heterocycles. The Kier molecular flexibility index (Phi) is 11.5. The van der Waals surface area contributed by atoms with Crippen molar-refractivity contribution in [3.8, 4) is 67.5 Å². The maximum atomic E-state index is 7.88. The zero-order valence-electron chi connectivity index (χ0n) is 41.2. The lowest BCUT2D eigenvalue weighted by Crippen LogP contribution is -2.10. The van der Waals surface area contributed by atoms with Gasteiger partial charge >= 0.3 is 0 Å². The number of aromatic nitrogens is 6. The van der Waals surface area contributed by atoms with Gasteiger partial charge < -0.3 is 14.0 Å². The van der Waals surface area contributed by atoms with E-state index in [-0.39, 0.29) is 0 Å². The molecule has 0 fully saturated rings. The lowest BCUT2D eigenvalue weighted by Gasteiger charge is -2.27. The number of para-hydroxylation sites is 2. The zero-order valence-corrected chi connectivity index (χ0v) is 42.7. The molecule has 0 aliphatic carbocycles. The molecule has 0 atom stereocenters. The van der Waals surface area contributed by atoms with Crippen molar-refractivity contribution in [1.29, 1.82) is 0 Å². The van der Waals surface area contributed by atoms with Gasteiger partial charge in [-0.3, -0.25) is 19.9 Å². The highest BCUT2D eigenvalue weighted by Gasteiger charge is 2.29. The van der Waals surface area contributed by atoms with Gasteiger partial charge in [0.05, 0.1) is 91.0 Å². The summed E-state index contributed by atoms with van der Waals surface area (Å²) in [7, 11) is 0. The Morgan fingerprint density at radius 3 is 0.896 bits per heavy atom. The summed E-state index contributed by atoms with van der Waals surface area (Å²) in [4.78, 5) is 23.0. The van der Waals surface area contributed by atoms with E-state index in [0.29, 0.717) is 21.4 Å². The van der Waals surface area contributed by atoms with E-state index < -0.39 is 0 Å². The fourth-order valence-electron chi connectivity index (χ4n) is 10.9. The molecule has 0 aliphatic heterocycles. The van der Waals surface area contributed by atoms with E-state index in [2.05, 4.69) is 160 Å². The third-order valence-electron chi connectivity index (χ3n) is 14.4. The third-order valence-corrected chi connectivity index (χ3v) is 15.0. The molecule has 8 aromatic carbocycles. The number of anilines is 3. The molecule has 0 unspecified atom stereocenters. The van der Waals surface area contributed by atoms with Crippen LogP contribution in [0.4, 0.5) is 17.1 Å². The predicted octanol–water partition coefficient (Wildman–Crippen LogP) is 18.6. The molecule has 14 aromatic rings. The van der Waals surface area contributed by atoms with Crippen LogP contribution in [0, 0.1) is 0 Å². The van der Waals surface area contributed by atoms with E-state index in [0.717, 1.165) is 117 Å². The molecule has 364 valence electrons. The number of nitrogens with zero attached hydrogens (tertiary/aromatic N) is 7. The summed E-state index contributed by atoms with van der Waals surface area (Å²) in [6.45, 7) is 0. The van der Waals surface area contributed by atoms with Crippen molar-refractivity contribution in [1.82, 2.24) is 29.1 Å². The molecule has 0 saturated heterocycles. The van der Waals surface area contributed by atoms with Crippen LogP contribution in [0.3, 0.4) is 0 Å². The van der Waals surface area contributed by atoms with Crippen LogP contribution >= 0.6 is 23.2 Å². The molecule has 6 aromatic heterocycles. The molecule has 0 amide bonds. The van der Waals surface area contributed by atoms with Crippen LogP contribution in [-0.2, 0) is 0 Å². The minimum atomic E-state index is 0.440. The van der Waals surface area contributed by atoms with E-state index in [1.54, 1.807) is 0 Å². The number of hydrogen-bond acceptors (Lipinski definition) is 5. The SMILES string of the molecule is Clc1cc(Cl)c(-n2c3cnc(-c4ccccc4)cc3c3cc(-c4ccccc4)ncc32)c(-c2cccc(N(c3ccccc3)c3ccccc3)c2)c1-n1c2cnc(-c3ccccc3)cc2c2cc(-c3ccccc3)ncc21. The van der Waals surface area contributed by atoms with Crippen molar-refractivity contribution < 1.29 is 0 Å². The number of halogens is 2. The summed E-state index contributed by atoms with van der Waals surface area (Å²) >= 11 is 15.8. The van der Waals surface area contributed by atoms with Gasteiger partial charge in [-0.25, -0.2) is 0 Å². The van der Waals surface area contributed by atoms with E-state index in [1.807, 2.05) is 116 Å². The van der Waals surface area contributed by atoms with Gasteiger partial charge in [0.15, 0.2) is 0 Å². The smallest absolute Gasteiger partial charge is 0.0750 e. The number of rotatable bonds is 10. The van der Waals surface area contributed by atoms with Gasteiger partial charge in [0.1, 0.15) is 0 Å². The second-order valence-corrected chi connectivity index (χ2v) is 19.8. The molecular weight excluding hydrogens is 986 g/mol. The predicted molar refractivity (Wildman–Crippen MR) is 318 cm³/mol. The van der Waals surface area contributed by atoms with Gasteiger partial charge in [0, 0.05) is 66.4 Å². The Balaban J connectivity index is 1.11. The van der Waals surface area contributed by atoms with Gasteiger partial charge in [-0.2, -0.15) is 0 Å². The molecule has 0 radical (unpaired) electrons. The molecule has 9 heteroatoms. The summed E-state index contributed by atoms with van der Waals surface area (Å²) in [6, 6.07) is 81.2. The largest absolute Gasteiger partial charge is 0.310 e. The minimum absolute atomic E-state index is 0.440. The second-order valence-electron chi connectivity index (χ2n) is 19.0. The van der Waals surface area contributed by atoms with Gasteiger partial charge in [-0.15, -0.1) is 0 Å². The van der Waals surface area contributed by atoms with E-state index in [1.165, 1.54) is 0 Å². The summed E-state index contributed by atoms with van der Waals surface area (Å²) in [5.74, 6) is 0. The number of hydrogen-bond donors (Lipinski definition) is 0. The summed E-state index contributed by atoms with van der Waals surface area (Å²) in [6.07, 6.45) is 7.84. The monoisotopic (exact) mass is 1030 g/mol. The minimum Gasteiger partial charge on any atom is -0.310 e. The summed E-state index contributed by atoms with van der Waals surface area (Å²) < 4.78 is 4.44. The first kappa shape index (κ1) is 45.9. The standard InChI is InChI=1S/C68H43Cl2N7/c69-56-39-57(70)68(77-64-42-73-60(46-24-11-3-12-25-46)37-54(64)55-38-61(74-43-65(55)77)47-26-13-4-14-27-47)66(48-28-19-33-51(34-48)75(49-29-15-5-16-30-49)50-31-17-6-18-32-50)67(56)76-62-40-71-58(44-20-7-1-8-21-44)35-52(62)53-36-59(72-41-63(53)76)45-22-9-2-10-23-45/h1-43H. The van der Waals surface area contributed by atoms with E-state index in [9.17, 15) is 0 Å². The third kappa shape index (κ3) is 8.08. The first-order chi connectivity index (χ1) is 38.0. The van der Waals surface area contributed by atoms with Crippen LogP contribution in [0.1, 0.15) is 0 Å². The van der Waals surface area contributed by atoms with Crippen LogP contribution in [0.2, 0.25) is 10.0 Å². The van der Waals surface area contributed by atoms with Gasteiger partial charge in [0.2, 0.25) is 0 Å². The molecule has 0 spiro atoms. The molecule has 0 aliphatic rings. The van der Waals surface area contributed by atoms with Crippen LogP contribution in [0.15, 0.2) is 261 Å². The van der Waals surface area contributed by atoms with Crippen LogP contribution in [0.25, 0.3) is 111 Å². The molecule has 77 heavy (non-hydrogen) atoms. The van der Waals surface area contributed by atoms with Crippen molar-refractivity contribution in [2.45, 2.75) is 0 Å². The Morgan fingerprint density at radius 1 is 0.286 bits per heavy atom. The molecule has 7 nitrogen and oxygen atoms in total. The van der Waals surface area contributed by atoms with Crippen molar-refractivity contribution in [2.24, 2.45) is 0 Å². The maximum absolute atomic E-state index is 7.88. The maximum Gasteiger partial charge on any atom is 0.0750 e. The Labute approximate surface area is 454 Å². The Bertz CT molecular complexity index is 4050. The fourth-order valence-corrected chi connectivity index (χ4v) is 11.5.